The number of anilines is 1. The Kier molecular flexibility index (Phi) is 6.86. The van der Waals surface area contributed by atoms with E-state index in [4.69, 9.17) is 0 Å². The summed E-state index contributed by atoms with van der Waals surface area (Å²) in [5, 5.41) is 14.4. The summed E-state index contributed by atoms with van der Waals surface area (Å²) in [6.45, 7) is 4.46. The van der Waals surface area contributed by atoms with Crippen LogP contribution in [0.5, 0.6) is 5.75 Å². The number of nitrogens with zero attached hydrogens (tertiary/aromatic N) is 2. The Morgan fingerprint density at radius 3 is 2.29 bits per heavy atom. The lowest BCUT2D eigenvalue weighted by molar-refractivity contribution is -0.120. The highest BCUT2D eigenvalue weighted by Gasteiger charge is 2.18. The quantitative estimate of drug-likeness (QED) is 0.711. The van der Waals surface area contributed by atoms with Gasteiger partial charge in [0.2, 0.25) is 5.91 Å². The van der Waals surface area contributed by atoms with Gasteiger partial charge in [0.15, 0.2) is 0 Å². The summed E-state index contributed by atoms with van der Waals surface area (Å²) >= 11 is 0. The first-order valence-electron chi connectivity index (χ1n) is 9.48. The number of carbonyl (C=O) groups excluding carboxylic acids is 2. The van der Waals surface area contributed by atoms with Crippen molar-refractivity contribution < 1.29 is 14.7 Å². The number of rotatable bonds is 6. The largest absolute Gasteiger partial charge is 0.508 e. The molecule has 0 atom stereocenters. The van der Waals surface area contributed by atoms with Crippen molar-refractivity contribution in [3.63, 3.8) is 0 Å². The number of phenolic OH excluding ortho intramolecular Hbond substituents is 1. The van der Waals surface area contributed by atoms with Gasteiger partial charge >= 0.3 is 6.03 Å². The number of hydrogen-bond acceptors (Lipinski definition) is 5. The van der Waals surface area contributed by atoms with Gasteiger partial charge in [0.25, 0.3) is 0 Å². The van der Waals surface area contributed by atoms with E-state index >= 15 is 0 Å². The molecule has 3 N–H and O–H groups in total. The van der Waals surface area contributed by atoms with E-state index in [-0.39, 0.29) is 18.1 Å². The van der Waals surface area contributed by atoms with Gasteiger partial charge in [0.1, 0.15) is 5.75 Å². The van der Waals surface area contributed by atoms with Crippen LogP contribution >= 0.6 is 0 Å². The summed E-state index contributed by atoms with van der Waals surface area (Å²) in [6, 6.07) is 16.3. The van der Waals surface area contributed by atoms with Crippen molar-refractivity contribution in [1.82, 2.24) is 15.5 Å². The first-order valence-corrected chi connectivity index (χ1v) is 9.48. The van der Waals surface area contributed by atoms with Gasteiger partial charge in [-0.1, -0.05) is 30.3 Å². The fraction of sp³-hybridized carbons (Fsp3) is 0.333. The van der Waals surface area contributed by atoms with E-state index in [0.29, 0.717) is 13.1 Å². The maximum atomic E-state index is 12.0. The fourth-order valence-corrected chi connectivity index (χ4v) is 3.16. The molecule has 0 bridgehead atoms. The van der Waals surface area contributed by atoms with Gasteiger partial charge in [-0.2, -0.15) is 0 Å². The van der Waals surface area contributed by atoms with Gasteiger partial charge in [0, 0.05) is 51.4 Å². The number of imide groups is 1. The third-order valence-corrected chi connectivity index (χ3v) is 4.79. The molecule has 0 unspecified atom stereocenters. The summed E-state index contributed by atoms with van der Waals surface area (Å²) in [5.74, 6) is -0.00673. The normalized spacial score (nSPS) is 14.5. The van der Waals surface area contributed by atoms with Crippen molar-refractivity contribution in [1.29, 1.82) is 0 Å². The molecule has 1 aliphatic rings. The maximum Gasteiger partial charge on any atom is 0.321 e. The van der Waals surface area contributed by atoms with Crippen molar-refractivity contribution >= 4 is 17.6 Å². The summed E-state index contributed by atoms with van der Waals surface area (Å²) in [4.78, 5) is 28.3. The first kappa shape index (κ1) is 19.7. The highest BCUT2D eigenvalue weighted by molar-refractivity contribution is 5.94. The number of carbonyl (C=O) groups is 2. The zero-order chi connectivity index (χ0) is 19.8. The van der Waals surface area contributed by atoms with Crippen LogP contribution in [0.1, 0.15) is 12.0 Å². The van der Waals surface area contributed by atoms with Crippen LogP contribution in [-0.4, -0.2) is 54.7 Å². The average molecular weight is 382 g/mol. The number of hydrogen-bond donors (Lipinski definition) is 3. The Morgan fingerprint density at radius 1 is 0.929 bits per heavy atom. The van der Waals surface area contributed by atoms with E-state index < -0.39 is 6.03 Å². The van der Waals surface area contributed by atoms with E-state index in [9.17, 15) is 14.7 Å². The topological polar surface area (TPSA) is 84.9 Å². The molecular weight excluding hydrogens is 356 g/mol. The second kappa shape index (κ2) is 9.75. The molecule has 28 heavy (non-hydrogen) atoms. The molecule has 3 amide bonds. The minimum absolute atomic E-state index is 0.265. The van der Waals surface area contributed by atoms with Crippen LogP contribution in [0.4, 0.5) is 10.5 Å². The van der Waals surface area contributed by atoms with E-state index in [1.807, 2.05) is 42.5 Å². The van der Waals surface area contributed by atoms with Gasteiger partial charge in [-0.05, 0) is 29.8 Å². The van der Waals surface area contributed by atoms with Crippen molar-refractivity contribution in [2.24, 2.45) is 0 Å². The molecule has 1 aliphatic heterocycles. The average Bonchev–Trinajstić information content (AvgIpc) is 2.72. The molecule has 0 radical (unpaired) electrons. The van der Waals surface area contributed by atoms with Crippen LogP contribution in [0.15, 0.2) is 54.6 Å². The molecule has 7 heteroatoms. The maximum absolute atomic E-state index is 12.0. The molecule has 0 saturated carbocycles. The minimum Gasteiger partial charge on any atom is -0.508 e. The number of benzene rings is 2. The van der Waals surface area contributed by atoms with Gasteiger partial charge in [-0.25, -0.2) is 4.79 Å². The second-order valence-electron chi connectivity index (χ2n) is 6.81. The summed E-state index contributed by atoms with van der Waals surface area (Å²) < 4.78 is 0. The molecule has 0 aromatic heterocycles. The molecule has 1 fully saturated rings. The van der Waals surface area contributed by atoms with Crippen molar-refractivity contribution in [2.75, 3.05) is 37.6 Å². The molecule has 7 nitrogen and oxygen atoms in total. The standard InChI is InChI=1S/C21H26N4O3/c26-19-8-6-18(7-9-19)25-14-12-24(13-15-25)11-10-20(27)23-21(28)22-16-17-4-2-1-3-5-17/h1-9,26H,10-16H2,(H2,22,23,27,28). The number of aromatic hydroxyl groups is 1. The molecule has 2 aromatic rings. The number of urea groups is 1. The third-order valence-electron chi connectivity index (χ3n) is 4.79. The number of phenols is 1. The first-order chi connectivity index (χ1) is 13.6. The van der Waals surface area contributed by atoms with Crippen LogP contribution < -0.4 is 15.5 Å². The molecular formula is C21H26N4O3. The van der Waals surface area contributed by atoms with Crippen LogP contribution in [0, 0.1) is 0 Å². The van der Waals surface area contributed by atoms with Gasteiger partial charge in [-0.15, -0.1) is 0 Å². The zero-order valence-electron chi connectivity index (χ0n) is 15.8. The lowest BCUT2D eigenvalue weighted by atomic mass is 10.2. The number of piperazine rings is 1. The predicted octanol–water partition coefficient (Wildman–Crippen LogP) is 1.93. The predicted molar refractivity (Wildman–Crippen MR) is 108 cm³/mol. The number of amides is 3. The van der Waals surface area contributed by atoms with Gasteiger partial charge < -0.3 is 15.3 Å². The van der Waals surface area contributed by atoms with E-state index in [1.165, 1.54) is 0 Å². The molecule has 1 heterocycles. The Labute approximate surface area is 165 Å². The Hall–Kier alpha value is -3.06. The van der Waals surface area contributed by atoms with Crippen LogP contribution in [0.3, 0.4) is 0 Å². The summed E-state index contributed by atoms with van der Waals surface area (Å²) in [7, 11) is 0. The molecule has 1 saturated heterocycles. The van der Waals surface area contributed by atoms with Crippen molar-refractivity contribution in [3.05, 3.63) is 60.2 Å². The van der Waals surface area contributed by atoms with Crippen LogP contribution in [-0.2, 0) is 11.3 Å². The SMILES string of the molecule is O=C(CCN1CCN(c2ccc(O)cc2)CC1)NC(=O)NCc1ccccc1. The smallest absolute Gasteiger partial charge is 0.321 e. The zero-order valence-corrected chi connectivity index (χ0v) is 15.8. The highest BCUT2D eigenvalue weighted by Crippen LogP contribution is 2.19. The van der Waals surface area contributed by atoms with Gasteiger partial charge in [0.05, 0.1) is 0 Å². The summed E-state index contributed by atoms with van der Waals surface area (Å²) in [5.41, 5.74) is 2.07. The lowest BCUT2D eigenvalue weighted by Crippen LogP contribution is -2.47. The Balaban J connectivity index is 1.33. The van der Waals surface area contributed by atoms with Crippen LogP contribution in [0.25, 0.3) is 0 Å². The molecule has 148 valence electrons. The van der Waals surface area contributed by atoms with Gasteiger partial charge in [-0.3, -0.25) is 15.0 Å². The van der Waals surface area contributed by atoms with E-state index in [0.717, 1.165) is 37.4 Å². The molecule has 0 aliphatic carbocycles. The van der Waals surface area contributed by atoms with E-state index in [1.54, 1.807) is 12.1 Å². The van der Waals surface area contributed by atoms with Crippen molar-refractivity contribution in [3.8, 4) is 5.75 Å². The molecule has 2 aromatic carbocycles. The minimum atomic E-state index is -0.467. The van der Waals surface area contributed by atoms with Crippen molar-refractivity contribution in [2.45, 2.75) is 13.0 Å². The van der Waals surface area contributed by atoms with Crippen LogP contribution in [0.2, 0.25) is 0 Å². The lowest BCUT2D eigenvalue weighted by Gasteiger charge is -2.36. The molecule has 3 rings (SSSR count). The van der Waals surface area contributed by atoms with E-state index in [2.05, 4.69) is 20.4 Å². The number of nitrogens with one attached hydrogen (secondary N) is 2. The third kappa shape index (κ3) is 5.99. The summed E-state index contributed by atoms with van der Waals surface area (Å²) in [6.07, 6.45) is 0.290. The Morgan fingerprint density at radius 2 is 1.61 bits per heavy atom. The second-order valence-corrected chi connectivity index (χ2v) is 6.81. The highest BCUT2D eigenvalue weighted by atomic mass is 16.3. The fourth-order valence-electron chi connectivity index (χ4n) is 3.16. The Bertz CT molecular complexity index is 772. The monoisotopic (exact) mass is 382 g/mol. The molecule has 0 spiro atoms.